The van der Waals surface area contributed by atoms with Gasteiger partial charge in [-0.15, -0.1) is 0 Å². The lowest BCUT2D eigenvalue weighted by Gasteiger charge is -2.31. The largest absolute Gasteiger partial charge is 0.465 e. The molecule has 0 spiro atoms. The lowest BCUT2D eigenvalue weighted by molar-refractivity contribution is -0.170. The molecule has 0 saturated carbocycles. The Balaban J connectivity index is 5.38. The van der Waals surface area contributed by atoms with Crippen LogP contribution in [0.5, 0.6) is 0 Å². The first kappa shape index (κ1) is 92.9. The summed E-state index contributed by atoms with van der Waals surface area (Å²) in [6, 6.07) is 0. The van der Waals surface area contributed by atoms with Crippen molar-refractivity contribution in [2.24, 2.45) is 5.41 Å². The Labute approximate surface area is 593 Å². The maximum Gasteiger partial charge on any atom is 0.305 e. The zero-order valence-corrected chi connectivity index (χ0v) is 64.9. The van der Waals surface area contributed by atoms with E-state index in [4.69, 9.17) is 18.9 Å². The lowest BCUT2D eigenvalue weighted by atomic mass is 9.92. The Morgan fingerprint density at radius 1 is 0.158 bits per heavy atom. The van der Waals surface area contributed by atoms with Gasteiger partial charge in [-0.05, 0) is 25.7 Å². The van der Waals surface area contributed by atoms with Crippen LogP contribution in [0.1, 0.15) is 503 Å². The Morgan fingerprint density at radius 2 is 0.253 bits per heavy atom. The molecule has 564 valence electrons. The van der Waals surface area contributed by atoms with Crippen LogP contribution in [-0.2, 0) is 38.1 Å². The zero-order chi connectivity index (χ0) is 68.8. The molecule has 0 rings (SSSR count). The van der Waals surface area contributed by atoms with E-state index in [9.17, 15) is 19.2 Å². The summed E-state index contributed by atoms with van der Waals surface area (Å²) in [5, 5.41) is 0. The molecule has 0 heterocycles. The lowest BCUT2D eigenvalue weighted by Crippen LogP contribution is -2.44. The van der Waals surface area contributed by atoms with Gasteiger partial charge in [0.2, 0.25) is 0 Å². The van der Waals surface area contributed by atoms with Crippen LogP contribution in [0.25, 0.3) is 0 Å². The van der Waals surface area contributed by atoms with Crippen LogP contribution >= 0.6 is 0 Å². The van der Waals surface area contributed by atoms with Crippen molar-refractivity contribution in [2.45, 2.75) is 503 Å². The molecule has 0 aliphatic carbocycles. The van der Waals surface area contributed by atoms with Crippen molar-refractivity contribution < 1.29 is 38.1 Å². The number of rotatable bonds is 82. The summed E-state index contributed by atoms with van der Waals surface area (Å²) in [7, 11) is 0. The van der Waals surface area contributed by atoms with Crippen LogP contribution in [0.2, 0.25) is 0 Å². The minimum Gasteiger partial charge on any atom is -0.465 e. The molecule has 0 N–H and O–H groups in total. The molecule has 8 heteroatoms. The van der Waals surface area contributed by atoms with E-state index in [-0.39, 0.29) is 50.3 Å². The summed E-state index contributed by atoms with van der Waals surface area (Å²) in [5.41, 5.74) is -1.21. The monoisotopic (exact) mass is 1340 g/mol. The molecule has 0 radical (unpaired) electrons. The van der Waals surface area contributed by atoms with Crippen LogP contribution in [0.3, 0.4) is 0 Å². The van der Waals surface area contributed by atoms with Gasteiger partial charge in [-0.3, -0.25) is 19.2 Å². The highest BCUT2D eigenvalue weighted by Gasteiger charge is 2.38. The first-order chi connectivity index (χ1) is 46.8. The molecular weight excluding hydrogens is 1170 g/mol. The van der Waals surface area contributed by atoms with E-state index in [1.54, 1.807) is 0 Å². The summed E-state index contributed by atoms with van der Waals surface area (Å²) in [4.78, 5) is 53.9. The quantitative estimate of drug-likeness (QED) is 0.0337. The molecule has 0 amide bonds. The second kappa shape index (κ2) is 79.2. The fourth-order valence-corrected chi connectivity index (χ4v) is 13.8. The molecule has 95 heavy (non-hydrogen) atoms. The highest BCUT2D eigenvalue weighted by Crippen LogP contribution is 2.26. The third-order valence-electron chi connectivity index (χ3n) is 20.6. The van der Waals surface area contributed by atoms with Gasteiger partial charge in [0.15, 0.2) is 0 Å². The SMILES string of the molecule is CCCCCCCCCCCCCCCCCCCCCC(=O)OCC(COC(=O)CCCCCCCCCCCCCCCCCCC)(COC(=O)CCCCCCCCCCCCCCCCCCC)COC(=O)CCCCCCCCCCCCCCCCCCC. The van der Waals surface area contributed by atoms with Crippen LogP contribution in [-0.4, -0.2) is 50.3 Å². The normalized spacial score (nSPS) is 11.7. The van der Waals surface area contributed by atoms with Gasteiger partial charge in [-0.25, -0.2) is 0 Å². The second-order valence-electron chi connectivity index (χ2n) is 30.5. The fraction of sp³-hybridized carbons (Fsp3) is 0.954. The Kier molecular flexibility index (Phi) is 77.4. The van der Waals surface area contributed by atoms with Crippen molar-refractivity contribution >= 4 is 23.9 Å². The van der Waals surface area contributed by atoms with Crippen molar-refractivity contribution in [3.05, 3.63) is 0 Å². The van der Waals surface area contributed by atoms with Crippen LogP contribution in [0, 0.1) is 5.41 Å². The molecule has 0 bridgehead atoms. The maximum atomic E-state index is 13.5. The first-order valence-electron chi connectivity index (χ1n) is 43.4. The topological polar surface area (TPSA) is 105 Å². The summed E-state index contributed by atoms with van der Waals surface area (Å²) in [6.07, 6.45) is 90.9. The summed E-state index contributed by atoms with van der Waals surface area (Å²) < 4.78 is 24.1. The molecule has 0 aromatic heterocycles. The molecule has 0 unspecified atom stereocenters. The molecule has 0 fully saturated rings. The highest BCUT2D eigenvalue weighted by molar-refractivity contribution is 5.71. The Hall–Kier alpha value is -2.12. The predicted molar refractivity (Wildman–Crippen MR) is 411 cm³/mol. The molecule has 0 atom stereocenters. The van der Waals surface area contributed by atoms with E-state index in [0.717, 1.165) is 77.0 Å². The van der Waals surface area contributed by atoms with E-state index < -0.39 is 5.41 Å². The average Bonchev–Trinajstić information content (AvgIpc) is 0.932. The third kappa shape index (κ3) is 74.4. The smallest absolute Gasteiger partial charge is 0.305 e. The van der Waals surface area contributed by atoms with E-state index in [0.29, 0.717) is 25.7 Å². The van der Waals surface area contributed by atoms with Gasteiger partial charge in [0.1, 0.15) is 31.8 Å². The molecule has 0 aliphatic heterocycles. The van der Waals surface area contributed by atoms with E-state index in [1.807, 2.05) is 0 Å². The number of hydrogen-bond donors (Lipinski definition) is 0. The van der Waals surface area contributed by atoms with Crippen molar-refractivity contribution in [3.63, 3.8) is 0 Å². The van der Waals surface area contributed by atoms with Crippen molar-refractivity contribution in [3.8, 4) is 0 Å². The van der Waals surface area contributed by atoms with Crippen LogP contribution < -0.4 is 0 Å². The fourth-order valence-electron chi connectivity index (χ4n) is 13.8. The minimum atomic E-state index is -1.21. The van der Waals surface area contributed by atoms with Gasteiger partial charge < -0.3 is 18.9 Å². The second-order valence-corrected chi connectivity index (χ2v) is 30.5. The summed E-state index contributed by atoms with van der Waals surface area (Å²) in [6.45, 7) is 8.52. The number of carbonyl (C=O) groups excluding carboxylic acids is 4. The predicted octanol–water partition coefficient (Wildman–Crippen LogP) is 29.1. The van der Waals surface area contributed by atoms with Gasteiger partial charge in [0.05, 0.1) is 0 Å². The van der Waals surface area contributed by atoms with Gasteiger partial charge in [0.25, 0.3) is 0 Å². The van der Waals surface area contributed by atoms with Gasteiger partial charge in [-0.1, -0.05) is 451 Å². The van der Waals surface area contributed by atoms with Crippen molar-refractivity contribution in [2.75, 3.05) is 26.4 Å². The van der Waals surface area contributed by atoms with Crippen LogP contribution in [0.4, 0.5) is 0 Å². The third-order valence-corrected chi connectivity index (χ3v) is 20.6. The Bertz CT molecular complexity index is 1420. The van der Waals surface area contributed by atoms with E-state index in [1.165, 1.54) is 372 Å². The molecule has 8 nitrogen and oxygen atoms in total. The van der Waals surface area contributed by atoms with Gasteiger partial charge in [-0.2, -0.15) is 0 Å². The first-order valence-corrected chi connectivity index (χ1v) is 43.4. The standard InChI is InChI=1S/C87H168O8/c1-5-9-13-17-21-25-29-33-37-41-42-46-50-54-58-62-66-70-74-78-86(91)95-82-87(79-92-83(88)75-71-67-63-59-55-51-47-43-38-34-30-26-22-18-14-10-6-2,80-93-84(89)76-72-68-64-60-56-52-48-44-39-35-31-27-23-19-15-11-7-3)81-94-85(90)77-73-69-65-61-57-53-49-45-40-36-32-28-24-20-16-12-8-4/h5-82H2,1-4H3. The van der Waals surface area contributed by atoms with Gasteiger partial charge in [0, 0.05) is 25.7 Å². The van der Waals surface area contributed by atoms with Crippen molar-refractivity contribution in [1.29, 1.82) is 0 Å². The summed E-state index contributed by atoms with van der Waals surface area (Å²) in [5.74, 6) is -1.28. The molecule has 0 aromatic carbocycles. The van der Waals surface area contributed by atoms with Crippen LogP contribution in [0.15, 0.2) is 0 Å². The average molecular weight is 1340 g/mol. The van der Waals surface area contributed by atoms with Crippen molar-refractivity contribution in [1.82, 2.24) is 0 Å². The molecule has 0 aliphatic rings. The number of carbonyl (C=O) groups is 4. The van der Waals surface area contributed by atoms with E-state index >= 15 is 0 Å². The van der Waals surface area contributed by atoms with E-state index in [2.05, 4.69) is 27.7 Å². The maximum absolute atomic E-state index is 13.5. The number of ether oxygens (including phenoxy) is 4. The molecular formula is C87H168O8. The minimum absolute atomic E-state index is 0.157. The Morgan fingerprint density at radius 3 is 0.358 bits per heavy atom. The molecule has 0 saturated heterocycles. The number of hydrogen-bond acceptors (Lipinski definition) is 8. The zero-order valence-electron chi connectivity index (χ0n) is 64.9. The van der Waals surface area contributed by atoms with Gasteiger partial charge >= 0.3 is 23.9 Å². The number of esters is 4. The molecule has 0 aromatic rings. The number of unbranched alkanes of at least 4 members (excludes halogenated alkanes) is 66. The highest BCUT2D eigenvalue weighted by atomic mass is 16.6. The summed E-state index contributed by atoms with van der Waals surface area (Å²) >= 11 is 0.